The second-order valence-corrected chi connectivity index (χ2v) is 4.23. The number of fused-ring (bicyclic) bond motifs is 1. The van der Waals surface area contributed by atoms with E-state index < -0.39 is 0 Å². The van der Waals surface area contributed by atoms with E-state index in [4.69, 9.17) is 11.1 Å². The van der Waals surface area contributed by atoms with E-state index in [0.717, 1.165) is 11.1 Å². The smallest absolute Gasteiger partial charge is 0.151 e. The lowest BCUT2D eigenvalue weighted by molar-refractivity contribution is 1.35. The van der Waals surface area contributed by atoms with Crippen LogP contribution in [0.1, 0.15) is 5.56 Å². The minimum atomic E-state index is 0.157. The summed E-state index contributed by atoms with van der Waals surface area (Å²) in [6.45, 7) is 0. The molecule has 0 spiro atoms. The van der Waals surface area contributed by atoms with Crippen LogP contribution in [0.5, 0.6) is 0 Å². The fourth-order valence-electron chi connectivity index (χ4n) is 1.38. The van der Waals surface area contributed by atoms with Crippen molar-refractivity contribution in [3.8, 4) is 0 Å². The molecule has 1 aromatic carbocycles. The van der Waals surface area contributed by atoms with E-state index in [9.17, 15) is 0 Å². The normalized spacial score (nSPS) is 10.4. The van der Waals surface area contributed by atoms with Crippen LogP contribution in [0.3, 0.4) is 0 Å². The van der Waals surface area contributed by atoms with Crippen LogP contribution in [0, 0.1) is 5.41 Å². The molecule has 0 saturated heterocycles. The van der Waals surface area contributed by atoms with Gasteiger partial charge < -0.3 is 5.73 Å². The summed E-state index contributed by atoms with van der Waals surface area (Å²) in [6.07, 6.45) is 3.63. The first-order valence-corrected chi connectivity index (χ1v) is 5.54. The summed E-state index contributed by atoms with van der Waals surface area (Å²) in [4.78, 5) is 4.06. The van der Waals surface area contributed by atoms with E-state index in [2.05, 4.69) is 11.1 Å². The Morgan fingerprint density at radius 1 is 1.33 bits per heavy atom. The number of hydrogen-bond donors (Lipinski definition) is 2. The fraction of sp³-hybridized carbons (Fsp3) is 0.0909. The Labute approximate surface area is 92.2 Å². The van der Waals surface area contributed by atoms with Gasteiger partial charge in [-0.1, -0.05) is 30.0 Å². The summed E-state index contributed by atoms with van der Waals surface area (Å²) in [5, 5.41) is 9.60. The number of amidine groups is 1. The number of rotatable bonds is 2. The van der Waals surface area contributed by atoms with Gasteiger partial charge in [0.25, 0.3) is 0 Å². The number of thioether (sulfide) groups is 1. The van der Waals surface area contributed by atoms with Gasteiger partial charge in [0.15, 0.2) is 5.17 Å². The molecular weight excluding hydrogens is 206 g/mol. The van der Waals surface area contributed by atoms with Crippen molar-refractivity contribution in [2.75, 3.05) is 0 Å². The molecule has 3 nitrogen and oxygen atoms in total. The summed E-state index contributed by atoms with van der Waals surface area (Å²) in [6, 6.07) is 8.17. The second-order valence-electron chi connectivity index (χ2n) is 3.21. The molecule has 0 bridgehead atoms. The minimum absolute atomic E-state index is 0.157. The van der Waals surface area contributed by atoms with Crippen LogP contribution in [0.4, 0.5) is 0 Å². The zero-order chi connectivity index (χ0) is 10.7. The van der Waals surface area contributed by atoms with Crippen LogP contribution in [-0.2, 0) is 5.75 Å². The van der Waals surface area contributed by atoms with Crippen LogP contribution in [-0.4, -0.2) is 10.2 Å². The SMILES string of the molecule is N=C(N)SCc1ccc2cnccc2c1. The van der Waals surface area contributed by atoms with Crippen molar-refractivity contribution in [3.05, 3.63) is 42.2 Å². The van der Waals surface area contributed by atoms with Crippen molar-refractivity contribution < 1.29 is 0 Å². The average molecular weight is 217 g/mol. The van der Waals surface area contributed by atoms with E-state index in [-0.39, 0.29) is 5.17 Å². The molecule has 3 N–H and O–H groups in total. The molecule has 0 radical (unpaired) electrons. The number of nitrogens with one attached hydrogen (secondary N) is 1. The van der Waals surface area contributed by atoms with Gasteiger partial charge in [-0.3, -0.25) is 10.4 Å². The molecule has 2 aromatic rings. The Morgan fingerprint density at radius 2 is 2.20 bits per heavy atom. The zero-order valence-corrected chi connectivity index (χ0v) is 8.92. The summed E-state index contributed by atoms with van der Waals surface area (Å²) < 4.78 is 0. The third kappa shape index (κ3) is 2.47. The van der Waals surface area contributed by atoms with Gasteiger partial charge in [-0.15, -0.1) is 0 Å². The van der Waals surface area contributed by atoms with E-state index in [1.165, 1.54) is 22.7 Å². The topological polar surface area (TPSA) is 62.8 Å². The highest BCUT2D eigenvalue weighted by molar-refractivity contribution is 8.13. The average Bonchev–Trinajstić information content (AvgIpc) is 2.26. The third-order valence-corrected chi connectivity index (χ3v) is 2.89. The molecule has 0 atom stereocenters. The van der Waals surface area contributed by atoms with Crippen molar-refractivity contribution >= 4 is 27.7 Å². The van der Waals surface area contributed by atoms with E-state index in [1.54, 1.807) is 6.20 Å². The molecule has 0 aliphatic carbocycles. The number of pyridine rings is 1. The maximum atomic E-state index is 7.14. The number of benzene rings is 1. The Kier molecular flexibility index (Phi) is 2.87. The predicted molar refractivity (Wildman–Crippen MR) is 65.0 cm³/mol. The van der Waals surface area contributed by atoms with E-state index >= 15 is 0 Å². The second kappa shape index (κ2) is 4.31. The summed E-state index contributed by atoms with van der Waals surface area (Å²) >= 11 is 1.34. The zero-order valence-electron chi connectivity index (χ0n) is 8.10. The highest BCUT2D eigenvalue weighted by atomic mass is 32.2. The van der Waals surface area contributed by atoms with Crippen LogP contribution in [0.25, 0.3) is 10.8 Å². The van der Waals surface area contributed by atoms with Crippen molar-refractivity contribution in [2.24, 2.45) is 5.73 Å². The van der Waals surface area contributed by atoms with Crippen molar-refractivity contribution in [2.45, 2.75) is 5.75 Å². The Hall–Kier alpha value is -1.55. The van der Waals surface area contributed by atoms with Crippen LogP contribution in [0.15, 0.2) is 36.7 Å². The molecular formula is C11H11N3S. The van der Waals surface area contributed by atoms with Gasteiger partial charge in [0.1, 0.15) is 0 Å². The molecule has 0 unspecified atom stereocenters. The Balaban J connectivity index is 2.26. The highest BCUT2D eigenvalue weighted by Crippen LogP contribution is 2.18. The van der Waals surface area contributed by atoms with Crippen LogP contribution >= 0.6 is 11.8 Å². The van der Waals surface area contributed by atoms with E-state index in [0.29, 0.717) is 0 Å². The molecule has 0 aliphatic rings. The standard InChI is InChI=1S/C11H11N3S/c12-11(13)15-7-8-1-2-10-6-14-4-3-9(10)5-8/h1-6H,7H2,(H3,12,13). The maximum absolute atomic E-state index is 7.14. The first-order chi connectivity index (χ1) is 7.25. The third-order valence-electron chi connectivity index (χ3n) is 2.10. The monoisotopic (exact) mass is 217 g/mol. The highest BCUT2D eigenvalue weighted by Gasteiger charge is 1.97. The minimum Gasteiger partial charge on any atom is -0.379 e. The van der Waals surface area contributed by atoms with Gasteiger partial charge in [0.2, 0.25) is 0 Å². The number of aromatic nitrogens is 1. The molecule has 0 saturated carbocycles. The first kappa shape index (κ1) is 9.98. The summed E-state index contributed by atoms with van der Waals surface area (Å²) in [5.74, 6) is 0.744. The molecule has 1 heterocycles. The molecule has 0 fully saturated rings. The van der Waals surface area contributed by atoms with Gasteiger partial charge in [0, 0.05) is 23.5 Å². The quantitative estimate of drug-likeness (QED) is 0.599. The largest absolute Gasteiger partial charge is 0.379 e. The van der Waals surface area contributed by atoms with Crippen molar-refractivity contribution in [1.29, 1.82) is 5.41 Å². The van der Waals surface area contributed by atoms with Gasteiger partial charge in [-0.25, -0.2) is 0 Å². The van der Waals surface area contributed by atoms with Crippen LogP contribution < -0.4 is 5.73 Å². The lowest BCUT2D eigenvalue weighted by atomic mass is 10.1. The summed E-state index contributed by atoms with van der Waals surface area (Å²) in [5.41, 5.74) is 6.46. The predicted octanol–water partition coefficient (Wildman–Crippen LogP) is 2.36. The summed E-state index contributed by atoms with van der Waals surface area (Å²) in [7, 11) is 0. The van der Waals surface area contributed by atoms with Crippen molar-refractivity contribution in [3.63, 3.8) is 0 Å². The van der Waals surface area contributed by atoms with Gasteiger partial charge in [-0.2, -0.15) is 0 Å². The van der Waals surface area contributed by atoms with Gasteiger partial charge >= 0.3 is 0 Å². The maximum Gasteiger partial charge on any atom is 0.151 e. The molecule has 0 amide bonds. The molecule has 15 heavy (non-hydrogen) atoms. The molecule has 0 aliphatic heterocycles. The lowest BCUT2D eigenvalue weighted by Crippen LogP contribution is -2.03. The first-order valence-electron chi connectivity index (χ1n) is 4.55. The van der Waals surface area contributed by atoms with Gasteiger partial charge in [-0.05, 0) is 17.0 Å². The molecule has 4 heteroatoms. The fourth-order valence-corrected chi connectivity index (χ4v) is 1.89. The van der Waals surface area contributed by atoms with E-state index in [1.807, 2.05) is 24.4 Å². The molecule has 2 rings (SSSR count). The van der Waals surface area contributed by atoms with Crippen LogP contribution in [0.2, 0.25) is 0 Å². The Bertz CT molecular complexity index is 496. The van der Waals surface area contributed by atoms with Crippen molar-refractivity contribution in [1.82, 2.24) is 4.98 Å². The molecule has 76 valence electrons. The lowest BCUT2D eigenvalue weighted by Gasteiger charge is -2.02. The Morgan fingerprint density at radius 3 is 3.00 bits per heavy atom. The number of nitrogens with zero attached hydrogens (tertiary/aromatic N) is 1. The molecule has 1 aromatic heterocycles. The number of nitrogens with two attached hydrogens (primary N) is 1. The van der Waals surface area contributed by atoms with Gasteiger partial charge in [0.05, 0.1) is 0 Å². The number of hydrogen-bond acceptors (Lipinski definition) is 3.